The quantitative estimate of drug-likeness (QED) is 0.649. The lowest BCUT2D eigenvalue weighted by Crippen LogP contribution is -2.39. The zero-order valence-corrected chi connectivity index (χ0v) is 10.5. The summed E-state index contributed by atoms with van der Waals surface area (Å²) in [5, 5.41) is 14.9. The van der Waals surface area contributed by atoms with Gasteiger partial charge in [0.25, 0.3) is 0 Å². The molecule has 0 bridgehead atoms. The van der Waals surface area contributed by atoms with Gasteiger partial charge in [-0.2, -0.15) is 0 Å². The minimum absolute atomic E-state index is 0.198. The maximum Gasteiger partial charge on any atom is 0.322 e. The molecule has 0 radical (unpaired) electrons. The van der Waals surface area contributed by atoms with Gasteiger partial charge in [0.1, 0.15) is 6.54 Å². The molecule has 7 heteroatoms. The van der Waals surface area contributed by atoms with E-state index < -0.39 is 18.4 Å². The first-order chi connectivity index (χ1) is 8.58. The van der Waals surface area contributed by atoms with Crippen LogP contribution >= 0.6 is 11.3 Å². The third-order valence-electron chi connectivity index (χ3n) is 2.06. The normalized spacial score (nSPS) is 9.78. The van der Waals surface area contributed by atoms with Crippen LogP contribution in [0.5, 0.6) is 0 Å². The number of thiophene rings is 1. The average molecular weight is 270 g/mol. The molecule has 6 nitrogen and oxygen atoms in total. The molecule has 18 heavy (non-hydrogen) atoms. The molecule has 0 atom stereocenters. The maximum absolute atomic E-state index is 11.4. The number of carboxylic acids is 1. The van der Waals surface area contributed by atoms with E-state index in [0.717, 1.165) is 4.88 Å². The van der Waals surface area contributed by atoms with Crippen molar-refractivity contribution in [3.8, 4) is 0 Å². The van der Waals surface area contributed by atoms with Crippen LogP contribution in [0, 0.1) is 0 Å². The van der Waals surface area contributed by atoms with Crippen LogP contribution in [-0.2, 0) is 20.8 Å². The number of aryl methyl sites for hydroxylation is 1. The summed E-state index contributed by atoms with van der Waals surface area (Å²) in [6.45, 7) is -0.638. The number of carbonyl (C=O) groups is 3. The maximum atomic E-state index is 11.4. The predicted octanol–water partition coefficient (Wildman–Crippen LogP) is -0.00230. The zero-order valence-electron chi connectivity index (χ0n) is 9.64. The molecular weight excluding hydrogens is 256 g/mol. The number of hydrogen-bond acceptors (Lipinski definition) is 4. The molecule has 0 fully saturated rings. The molecule has 0 unspecified atom stereocenters. The van der Waals surface area contributed by atoms with Crippen LogP contribution in [0.15, 0.2) is 17.5 Å². The molecule has 0 aliphatic carbocycles. The summed E-state index contributed by atoms with van der Waals surface area (Å²) >= 11 is 1.58. The molecule has 1 heterocycles. The minimum atomic E-state index is -1.12. The van der Waals surface area contributed by atoms with E-state index in [1.165, 1.54) is 0 Å². The Bertz CT molecular complexity index is 417. The fraction of sp³-hybridized carbons (Fsp3) is 0.364. The summed E-state index contributed by atoms with van der Waals surface area (Å²) < 4.78 is 0. The molecule has 2 amide bonds. The highest BCUT2D eigenvalue weighted by molar-refractivity contribution is 7.09. The summed E-state index contributed by atoms with van der Waals surface area (Å²) in [7, 11) is 0. The van der Waals surface area contributed by atoms with Crippen LogP contribution in [0.2, 0.25) is 0 Å². The van der Waals surface area contributed by atoms with E-state index >= 15 is 0 Å². The van der Waals surface area contributed by atoms with E-state index in [2.05, 4.69) is 10.6 Å². The fourth-order valence-corrected chi connectivity index (χ4v) is 1.90. The Morgan fingerprint density at radius 3 is 2.50 bits per heavy atom. The standard InChI is InChI=1S/C11H14N2O4S/c14-9(4-3-8-2-1-5-18-8)12-6-10(15)13-7-11(16)17/h1-2,5H,3-4,6-7H2,(H,12,14)(H,13,15)(H,16,17). The Morgan fingerprint density at radius 2 is 1.89 bits per heavy atom. The lowest BCUT2D eigenvalue weighted by molar-refractivity contribution is -0.137. The topological polar surface area (TPSA) is 95.5 Å². The smallest absolute Gasteiger partial charge is 0.322 e. The predicted molar refractivity (Wildman–Crippen MR) is 66.3 cm³/mol. The van der Waals surface area contributed by atoms with Crippen LogP contribution in [0.4, 0.5) is 0 Å². The number of carboxylic acid groups (broad SMARTS) is 1. The lowest BCUT2D eigenvalue weighted by atomic mass is 10.2. The van der Waals surface area contributed by atoms with Crippen molar-refractivity contribution in [2.45, 2.75) is 12.8 Å². The van der Waals surface area contributed by atoms with E-state index in [0.29, 0.717) is 12.8 Å². The van der Waals surface area contributed by atoms with Gasteiger partial charge in [-0.1, -0.05) is 6.07 Å². The van der Waals surface area contributed by atoms with Gasteiger partial charge in [0.15, 0.2) is 0 Å². The van der Waals surface area contributed by atoms with E-state index in [-0.39, 0.29) is 12.5 Å². The number of carbonyl (C=O) groups excluding carboxylic acids is 2. The van der Waals surface area contributed by atoms with Crippen molar-refractivity contribution in [2.24, 2.45) is 0 Å². The number of amides is 2. The molecule has 0 saturated carbocycles. The second kappa shape index (κ2) is 7.44. The Balaban J connectivity index is 2.13. The minimum Gasteiger partial charge on any atom is -0.480 e. The van der Waals surface area contributed by atoms with Gasteiger partial charge in [0, 0.05) is 11.3 Å². The third kappa shape index (κ3) is 6.00. The monoisotopic (exact) mass is 270 g/mol. The molecule has 0 aliphatic heterocycles. The van der Waals surface area contributed by atoms with Gasteiger partial charge in [0.05, 0.1) is 6.54 Å². The number of aliphatic carboxylic acids is 1. The zero-order chi connectivity index (χ0) is 13.4. The molecule has 1 rings (SSSR count). The highest BCUT2D eigenvalue weighted by atomic mass is 32.1. The Kier molecular flexibility index (Phi) is 5.86. The first kappa shape index (κ1) is 14.2. The van der Waals surface area contributed by atoms with Crippen LogP contribution in [0.3, 0.4) is 0 Å². The largest absolute Gasteiger partial charge is 0.480 e. The van der Waals surface area contributed by atoms with Crippen LogP contribution in [0.25, 0.3) is 0 Å². The van der Waals surface area contributed by atoms with Gasteiger partial charge in [0.2, 0.25) is 11.8 Å². The first-order valence-electron chi connectivity index (χ1n) is 5.35. The van der Waals surface area contributed by atoms with Crippen molar-refractivity contribution in [3.63, 3.8) is 0 Å². The van der Waals surface area contributed by atoms with Crippen molar-refractivity contribution in [1.29, 1.82) is 0 Å². The SMILES string of the molecule is O=C(O)CNC(=O)CNC(=O)CCc1cccs1. The molecule has 98 valence electrons. The van der Waals surface area contributed by atoms with Crippen molar-refractivity contribution < 1.29 is 19.5 Å². The summed E-state index contributed by atoms with van der Waals surface area (Å²) in [6.07, 6.45) is 0.951. The Morgan fingerprint density at radius 1 is 1.17 bits per heavy atom. The van der Waals surface area contributed by atoms with Crippen LogP contribution in [0.1, 0.15) is 11.3 Å². The Labute approximate surface area is 108 Å². The van der Waals surface area contributed by atoms with Crippen LogP contribution < -0.4 is 10.6 Å². The average Bonchev–Trinajstić information content (AvgIpc) is 2.84. The summed E-state index contributed by atoms with van der Waals surface area (Å²) in [5.74, 6) is -1.86. The molecule has 0 aliphatic rings. The highest BCUT2D eigenvalue weighted by Gasteiger charge is 2.07. The van der Waals surface area contributed by atoms with Crippen LogP contribution in [-0.4, -0.2) is 36.0 Å². The second-order valence-electron chi connectivity index (χ2n) is 3.53. The van der Waals surface area contributed by atoms with Gasteiger partial charge in [-0.25, -0.2) is 0 Å². The first-order valence-corrected chi connectivity index (χ1v) is 6.23. The molecule has 0 spiro atoms. The molecule has 1 aromatic rings. The van der Waals surface area contributed by atoms with Gasteiger partial charge >= 0.3 is 5.97 Å². The van der Waals surface area contributed by atoms with Gasteiger partial charge in [-0.3, -0.25) is 14.4 Å². The number of nitrogens with one attached hydrogen (secondary N) is 2. The third-order valence-corrected chi connectivity index (χ3v) is 3.00. The lowest BCUT2D eigenvalue weighted by Gasteiger charge is -2.04. The summed E-state index contributed by atoms with van der Waals surface area (Å²) in [6, 6.07) is 3.86. The molecule has 0 saturated heterocycles. The van der Waals surface area contributed by atoms with E-state index in [9.17, 15) is 14.4 Å². The van der Waals surface area contributed by atoms with Gasteiger partial charge in [-0.05, 0) is 17.9 Å². The number of hydrogen-bond donors (Lipinski definition) is 3. The molecule has 3 N–H and O–H groups in total. The Hall–Kier alpha value is -1.89. The van der Waals surface area contributed by atoms with Crippen molar-refractivity contribution in [1.82, 2.24) is 10.6 Å². The fourth-order valence-electron chi connectivity index (χ4n) is 1.20. The van der Waals surface area contributed by atoms with E-state index in [1.807, 2.05) is 17.5 Å². The van der Waals surface area contributed by atoms with Crippen molar-refractivity contribution in [2.75, 3.05) is 13.1 Å². The molecule has 1 aromatic heterocycles. The van der Waals surface area contributed by atoms with E-state index in [4.69, 9.17) is 5.11 Å². The second-order valence-corrected chi connectivity index (χ2v) is 4.56. The summed E-state index contributed by atoms with van der Waals surface area (Å²) in [4.78, 5) is 33.8. The van der Waals surface area contributed by atoms with E-state index in [1.54, 1.807) is 11.3 Å². The molecule has 0 aromatic carbocycles. The summed E-state index contributed by atoms with van der Waals surface area (Å²) in [5.41, 5.74) is 0. The number of rotatable bonds is 7. The van der Waals surface area contributed by atoms with Gasteiger partial charge in [-0.15, -0.1) is 11.3 Å². The van der Waals surface area contributed by atoms with Gasteiger partial charge < -0.3 is 15.7 Å². The van der Waals surface area contributed by atoms with Crippen molar-refractivity contribution in [3.05, 3.63) is 22.4 Å². The molecular formula is C11H14N2O4S. The highest BCUT2D eigenvalue weighted by Crippen LogP contribution is 2.10. The van der Waals surface area contributed by atoms with Crippen molar-refractivity contribution >= 4 is 29.1 Å².